The third-order valence-corrected chi connectivity index (χ3v) is 9.62. The highest BCUT2D eigenvalue weighted by atomic mass is 15.1. The van der Waals surface area contributed by atoms with Crippen LogP contribution in [0.4, 0.5) is 0 Å². The molecule has 4 aromatic heterocycles. The minimum Gasteiger partial charge on any atom is -0.284 e. The maximum Gasteiger partial charge on any atom is 0.165 e. The van der Waals surface area contributed by atoms with Crippen molar-refractivity contribution in [2.75, 3.05) is 0 Å². The minimum atomic E-state index is 0.694. The molecule has 4 heterocycles. The number of nitrogens with zero attached hydrogens (tertiary/aromatic N) is 5. The van der Waals surface area contributed by atoms with Crippen molar-refractivity contribution in [1.29, 1.82) is 0 Å². The van der Waals surface area contributed by atoms with Gasteiger partial charge < -0.3 is 0 Å². The van der Waals surface area contributed by atoms with Crippen LogP contribution < -0.4 is 0 Å². The van der Waals surface area contributed by atoms with Crippen LogP contribution >= 0.6 is 0 Å². The first kappa shape index (κ1) is 29.0. The first-order chi connectivity index (χ1) is 25.3. The molecule has 0 fully saturated rings. The molecule has 0 saturated heterocycles. The van der Waals surface area contributed by atoms with Crippen molar-refractivity contribution in [3.8, 4) is 56.2 Å². The molecule has 0 unspecified atom stereocenters. The van der Waals surface area contributed by atoms with E-state index in [2.05, 4.69) is 138 Å². The third-order valence-electron chi connectivity index (χ3n) is 9.62. The second-order valence-electron chi connectivity index (χ2n) is 12.7. The van der Waals surface area contributed by atoms with Crippen molar-refractivity contribution < 1.29 is 0 Å². The lowest BCUT2D eigenvalue weighted by Crippen LogP contribution is -1.95. The minimum absolute atomic E-state index is 0.694. The van der Waals surface area contributed by atoms with Gasteiger partial charge in [0, 0.05) is 39.0 Å². The van der Waals surface area contributed by atoms with Crippen molar-refractivity contribution in [3.63, 3.8) is 0 Å². The lowest BCUT2D eigenvalue weighted by molar-refractivity contribution is 1.19. The van der Waals surface area contributed by atoms with E-state index in [4.69, 9.17) is 19.9 Å². The van der Waals surface area contributed by atoms with Crippen LogP contribution in [0.5, 0.6) is 0 Å². The van der Waals surface area contributed by atoms with Crippen molar-refractivity contribution in [3.05, 3.63) is 176 Å². The van der Waals surface area contributed by atoms with Gasteiger partial charge in [-0.25, -0.2) is 19.9 Å². The lowest BCUT2D eigenvalue weighted by Gasteiger charge is -2.12. The Morgan fingerprint density at radius 2 is 0.941 bits per heavy atom. The number of para-hydroxylation sites is 1. The van der Waals surface area contributed by atoms with E-state index in [0.29, 0.717) is 5.82 Å². The Hall–Kier alpha value is -6.98. The second kappa shape index (κ2) is 11.9. The number of imidazole rings is 1. The molecule has 5 nitrogen and oxygen atoms in total. The monoisotopic (exact) mass is 651 g/mol. The van der Waals surface area contributed by atoms with Crippen LogP contribution in [-0.4, -0.2) is 24.3 Å². The summed E-state index contributed by atoms with van der Waals surface area (Å²) < 4.78 is 2.06. The van der Waals surface area contributed by atoms with Crippen molar-refractivity contribution >= 4 is 38.5 Å². The molecule has 0 amide bonds. The van der Waals surface area contributed by atoms with Crippen LogP contribution in [0.3, 0.4) is 0 Å². The van der Waals surface area contributed by atoms with Gasteiger partial charge in [-0.3, -0.25) is 4.40 Å². The molecule has 10 aromatic rings. The van der Waals surface area contributed by atoms with E-state index in [1.54, 1.807) is 0 Å². The topological polar surface area (TPSA) is 56.0 Å². The van der Waals surface area contributed by atoms with Crippen LogP contribution in [-0.2, 0) is 0 Å². The molecule has 0 saturated carbocycles. The Bertz CT molecular complexity index is 2910. The highest BCUT2D eigenvalue weighted by Gasteiger charge is 2.16. The van der Waals surface area contributed by atoms with Gasteiger partial charge in [-0.1, -0.05) is 140 Å². The molecule has 0 bridgehead atoms. The number of benzene rings is 6. The number of rotatable bonds is 5. The molecule has 0 radical (unpaired) electrons. The number of pyridine rings is 2. The summed E-state index contributed by atoms with van der Waals surface area (Å²) in [4.78, 5) is 20.4. The molecule has 0 aliphatic rings. The van der Waals surface area contributed by atoms with Gasteiger partial charge in [0.05, 0.1) is 16.9 Å². The van der Waals surface area contributed by atoms with E-state index >= 15 is 0 Å². The predicted molar refractivity (Wildman–Crippen MR) is 208 cm³/mol. The Morgan fingerprint density at radius 3 is 1.76 bits per heavy atom. The molecule has 0 spiro atoms. The molecule has 0 N–H and O–H groups in total. The van der Waals surface area contributed by atoms with Crippen LogP contribution in [0, 0.1) is 0 Å². The fraction of sp³-hybridized carbons (Fsp3) is 0. The summed E-state index contributed by atoms with van der Waals surface area (Å²) in [5.74, 6) is 0.694. The van der Waals surface area contributed by atoms with Crippen LogP contribution in [0.15, 0.2) is 176 Å². The molecule has 0 aliphatic carbocycles. The highest BCUT2D eigenvalue weighted by Crippen LogP contribution is 2.36. The Labute approximate surface area is 294 Å². The van der Waals surface area contributed by atoms with Gasteiger partial charge in [0.1, 0.15) is 11.2 Å². The zero-order chi connectivity index (χ0) is 33.7. The summed E-state index contributed by atoms with van der Waals surface area (Å²) in [7, 11) is 0. The SMILES string of the molecule is c1ccc(-c2ccc(-c3nc(-c4cccc(-c5cccc(-c6nc7c(nc8ccccn87)c7ccccc67)c5)c4)nc4ccccc34)cc2)cc1. The van der Waals surface area contributed by atoms with E-state index in [1.807, 2.05) is 42.6 Å². The van der Waals surface area contributed by atoms with Gasteiger partial charge in [-0.2, -0.15) is 0 Å². The fourth-order valence-corrected chi connectivity index (χ4v) is 7.11. The van der Waals surface area contributed by atoms with Crippen molar-refractivity contribution in [2.45, 2.75) is 0 Å². The van der Waals surface area contributed by atoms with E-state index in [0.717, 1.165) is 77.7 Å². The zero-order valence-electron chi connectivity index (χ0n) is 27.5. The summed E-state index contributed by atoms with van der Waals surface area (Å²) in [5, 5.41) is 3.20. The fourth-order valence-electron chi connectivity index (χ4n) is 7.11. The molecular formula is C46H29N5. The molecule has 0 aliphatic heterocycles. The summed E-state index contributed by atoms with van der Waals surface area (Å²) in [6, 6.07) is 58.9. The number of hydrogen-bond donors (Lipinski definition) is 0. The third kappa shape index (κ3) is 5.03. The lowest BCUT2D eigenvalue weighted by atomic mass is 9.97. The van der Waals surface area contributed by atoms with Gasteiger partial charge in [-0.05, 0) is 52.6 Å². The Morgan fingerprint density at radius 1 is 0.353 bits per heavy atom. The molecule has 0 atom stereocenters. The molecule has 51 heavy (non-hydrogen) atoms. The molecule has 6 aromatic carbocycles. The molecule has 5 heteroatoms. The summed E-state index contributed by atoms with van der Waals surface area (Å²) in [6.07, 6.45) is 2.03. The molecule has 10 rings (SSSR count). The average Bonchev–Trinajstić information content (AvgIpc) is 3.59. The van der Waals surface area contributed by atoms with E-state index in [9.17, 15) is 0 Å². The van der Waals surface area contributed by atoms with Crippen LogP contribution in [0.1, 0.15) is 0 Å². The number of aromatic nitrogens is 5. The molecule has 238 valence electrons. The van der Waals surface area contributed by atoms with E-state index < -0.39 is 0 Å². The maximum atomic E-state index is 5.23. The first-order valence-corrected chi connectivity index (χ1v) is 17.1. The summed E-state index contributed by atoms with van der Waals surface area (Å²) in [5.41, 5.74) is 13.0. The molecular weight excluding hydrogens is 623 g/mol. The standard InChI is InChI=1S/C46H29N5/c1-2-12-30(13-3-1)31-23-25-32(26-24-31)42-39-20-6-7-21-40(39)47-45(49-42)36-17-11-15-34(29-36)33-14-10-16-35(28-33)43-37-18-4-5-19-38(37)44-46(50-43)51-27-9-8-22-41(51)48-44/h1-29H. The Balaban J connectivity index is 1.07. The van der Waals surface area contributed by atoms with Gasteiger partial charge >= 0.3 is 0 Å². The highest BCUT2D eigenvalue weighted by molar-refractivity contribution is 6.09. The Kier molecular flexibility index (Phi) is 6.74. The predicted octanol–water partition coefficient (Wildman–Crippen LogP) is 11.3. The maximum absolute atomic E-state index is 5.23. The summed E-state index contributed by atoms with van der Waals surface area (Å²) >= 11 is 0. The van der Waals surface area contributed by atoms with Gasteiger partial charge in [0.25, 0.3) is 0 Å². The largest absolute Gasteiger partial charge is 0.284 e. The van der Waals surface area contributed by atoms with Crippen molar-refractivity contribution in [2.24, 2.45) is 0 Å². The summed E-state index contributed by atoms with van der Waals surface area (Å²) in [6.45, 7) is 0. The van der Waals surface area contributed by atoms with Gasteiger partial charge in [0.15, 0.2) is 11.5 Å². The average molecular weight is 652 g/mol. The normalized spacial score (nSPS) is 11.5. The van der Waals surface area contributed by atoms with Crippen molar-refractivity contribution in [1.82, 2.24) is 24.3 Å². The second-order valence-corrected chi connectivity index (χ2v) is 12.7. The van der Waals surface area contributed by atoms with Crippen LogP contribution in [0.2, 0.25) is 0 Å². The smallest absolute Gasteiger partial charge is 0.165 e. The zero-order valence-corrected chi connectivity index (χ0v) is 27.5. The number of hydrogen-bond acceptors (Lipinski definition) is 4. The van der Waals surface area contributed by atoms with Gasteiger partial charge in [0.2, 0.25) is 0 Å². The number of fused-ring (bicyclic) bond motifs is 6. The van der Waals surface area contributed by atoms with Crippen LogP contribution in [0.25, 0.3) is 94.6 Å². The van der Waals surface area contributed by atoms with Gasteiger partial charge in [-0.15, -0.1) is 0 Å². The van der Waals surface area contributed by atoms with E-state index in [1.165, 1.54) is 11.1 Å². The first-order valence-electron chi connectivity index (χ1n) is 17.1. The quantitative estimate of drug-likeness (QED) is 0.186. The van der Waals surface area contributed by atoms with E-state index in [-0.39, 0.29) is 0 Å².